The number of carbonyl (C=O) groups excluding carboxylic acids is 1. The van der Waals surface area contributed by atoms with E-state index in [0.29, 0.717) is 16.5 Å². The summed E-state index contributed by atoms with van der Waals surface area (Å²) in [7, 11) is 0. The van der Waals surface area contributed by atoms with E-state index in [0.717, 1.165) is 51.3 Å². The molecule has 0 radical (unpaired) electrons. The first-order chi connectivity index (χ1) is 11.1. The van der Waals surface area contributed by atoms with Crippen molar-refractivity contribution in [2.45, 2.75) is 19.8 Å². The Morgan fingerprint density at radius 1 is 1.33 bits per heavy atom. The molecule has 24 heavy (non-hydrogen) atoms. The minimum atomic E-state index is -0.104. The van der Waals surface area contributed by atoms with Crippen LogP contribution in [0.2, 0.25) is 10.0 Å². The van der Waals surface area contributed by atoms with E-state index in [1.165, 1.54) is 0 Å². The van der Waals surface area contributed by atoms with Gasteiger partial charge in [0, 0.05) is 48.7 Å². The minimum absolute atomic E-state index is 0. The number of hydrogen-bond acceptors (Lipinski definition) is 3. The lowest BCUT2D eigenvalue weighted by atomic mass is 10.0. The normalized spacial score (nSPS) is 16.3. The largest absolute Gasteiger partial charge is 0.356 e. The Kier molecular flexibility index (Phi) is 10.0. The highest BCUT2D eigenvalue weighted by atomic mass is 35.5. The van der Waals surface area contributed by atoms with Gasteiger partial charge in [0.1, 0.15) is 0 Å². The summed E-state index contributed by atoms with van der Waals surface area (Å²) < 4.78 is 0. The van der Waals surface area contributed by atoms with Crippen molar-refractivity contribution in [3.05, 3.63) is 33.8 Å². The van der Waals surface area contributed by atoms with Crippen LogP contribution >= 0.6 is 35.6 Å². The van der Waals surface area contributed by atoms with E-state index in [1.807, 2.05) is 13.0 Å². The first-order valence-corrected chi connectivity index (χ1v) is 8.96. The van der Waals surface area contributed by atoms with Crippen LogP contribution in [0, 0.1) is 5.92 Å². The summed E-state index contributed by atoms with van der Waals surface area (Å²) in [5.74, 6) is -0.0239. The van der Waals surface area contributed by atoms with Crippen molar-refractivity contribution >= 4 is 41.5 Å². The zero-order chi connectivity index (χ0) is 16.7. The first-order valence-electron chi connectivity index (χ1n) is 8.21. The number of piperazine rings is 1. The summed E-state index contributed by atoms with van der Waals surface area (Å²) in [6, 6.07) is 5.41. The molecule has 0 aliphatic carbocycles. The van der Waals surface area contributed by atoms with Gasteiger partial charge in [-0.05, 0) is 37.1 Å². The number of carbonyl (C=O) groups is 1. The maximum Gasteiger partial charge on any atom is 0.223 e. The number of amides is 1. The number of halogens is 3. The zero-order valence-corrected chi connectivity index (χ0v) is 16.3. The molecule has 1 aromatic rings. The molecular weight excluding hydrogens is 369 g/mol. The molecule has 1 saturated heterocycles. The second-order valence-electron chi connectivity index (χ2n) is 6.08. The van der Waals surface area contributed by atoms with Gasteiger partial charge < -0.3 is 15.5 Å². The molecule has 1 fully saturated rings. The Morgan fingerprint density at radius 3 is 2.71 bits per heavy atom. The summed E-state index contributed by atoms with van der Waals surface area (Å²) >= 11 is 12.1. The molecule has 0 saturated carbocycles. The fourth-order valence-corrected chi connectivity index (χ4v) is 3.22. The van der Waals surface area contributed by atoms with Crippen molar-refractivity contribution in [3.8, 4) is 0 Å². The van der Waals surface area contributed by atoms with Gasteiger partial charge >= 0.3 is 0 Å². The molecule has 7 heteroatoms. The molecule has 4 nitrogen and oxygen atoms in total. The summed E-state index contributed by atoms with van der Waals surface area (Å²) in [5, 5.41) is 7.60. The SMILES string of the molecule is CC(Cc1ccc(Cl)cc1Cl)C(=O)NCCCN1CCNCC1.Cl. The van der Waals surface area contributed by atoms with Crippen LogP contribution < -0.4 is 10.6 Å². The number of nitrogens with zero attached hydrogens (tertiary/aromatic N) is 1. The van der Waals surface area contributed by atoms with Gasteiger partial charge in [-0.15, -0.1) is 12.4 Å². The van der Waals surface area contributed by atoms with Gasteiger partial charge in [0.25, 0.3) is 0 Å². The standard InChI is InChI=1S/C17H25Cl2N3O.ClH/c1-13(11-14-3-4-15(18)12-16(14)19)17(23)21-5-2-8-22-9-6-20-7-10-22;/h3-4,12-13,20H,2,5-11H2,1H3,(H,21,23);1H. The lowest BCUT2D eigenvalue weighted by molar-refractivity contribution is -0.124. The molecular formula is C17H26Cl3N3O. The second-order valence-corrected chi connectivity index (χ2v) is 6.92. The molecule has 0 spiro atoms. The van der Waals surface area contributed by atoms with Crippen molar-refractivity contribution < 1.29 is 4.79 Å². The molecule has 1 aromatic carbocycles. The van der Waals surface area contributed by atoms with Crippen molar-refractivity contribution in [2.75, 3.05) is 39.3 Å². The van der Waals surface area contributed by atoms with E-state index in [2.05, 4.69) is 15.5 Å². The summed E-state index contributed by atoms with van der Waals surface area (Å²) in [6.45, 7) is 8.01. The fraction of sp³-hybridized carbons (Fsp3) is 0.588. The monoisotopic (exact) mass is 393 g/mol. The molecule has 1 heterocycles. The van der Waals surface area contributed by atoms with Crippen molar-refractivity contribution in [2.24, 2.45) is 5.92 Å². The van der Waals surface area contributed by atoms with Gasteiger partial charge in [0.05, 0.1) is 0 Å². The van der Waals surface area contributed by atoms with Gasteiger partial charge in [-0.1, -0.05) is 36.2 Å². The van der Waals surface area contributed by atoms with Crippen LogP contribution in [0.25, 0.3) is 0 Å². The molecule has 2 rings (SSSR count). The third-order valence-electron chi connectivity index (χ3n) is 4.15. The quantitative estimate of drug-likeness (QED) is 0.699. The summed E-state index contributed by atoms with van der Waals surface area (Å²) in [4.78, 5) is 14.6. The highest BCUT2D eigenvalue weighted by Gasteiger charge is 2.15. The first kappa shape index (κ1) is 21.5. The molecule has 1 atom stereocenters. The average molecular weight is 395 g/mol. The lowest BCUT2D eigenvalue weighted by Gasteiger charge is -2.27. The summed E-state index contributed by atoms with van der Waals surface area (Å²) in [5.41, 5.74) is 0.958. The third-order valence-corrected chi connectivity index (χ3v) is 4.74. The second kappa shape index (κ2) is 11.2. The Hall–Kier alpha value is -0.520. The lowest BCUT2D eigenvalue weighted by Crippen LogP contribution is -2.44. The fourth-order valence-electron chi connectivity index (χ4n) is 2.73. The topological polar surface area (TPSA) is 44.4 Å². The maximum atomic E-state index is 12.2. The smallest absolute Gasteiger partial charge is 0.223 e. The van der Waals surface area contributed by atoms with Gasteiger partial charge in [0.2, 0.25) is 5.91 Å². The zero-order valence-electron chi connectivity index (χ0n) is 14.0. The molecule has 1 amide bonds. The van der Waals surface area contributed by atoms with Gasteiger partial charge in [-0.25, -0.2) is 0 Å². The van der Waals surface area contributed by atoms with E-state index in [1.54, 1.807) is 12.1 Å². The van der Waals surface area contributed by atoms with E-state index in [-0.39, 0.29) is 24.2 Å². The number of nitrogens with one attached hydrogen (secondary N) is 2. The van der Waals surface area contributed by atoms with Crippen molar-refractivity contribution in [3.63, 3.8) is 0 Å². The average Bonchev–Trinajstić information content (AvgIpc) is 2.55. The van der Waals surface area contributed by atoms with Crippen molar-refractivity contribution in [1.82, 2.24) is 15.5 Å². The van der Waals surface area contributed by atoms with Crippen LogP contribution in [-0.4, -0.2) is 50.1 Å². The number of rotatable bonds is 7. The molecule has 1 aliphatic rings. The third kappa shape index (κ3) is 7.16. The summed E-state index contributed by atoms with van der Waals surface area (Å²) in [6.07, 6.45) is 1.61. The van der Waals surface area contributed by atoms with Crippen LogP contribution in [0.4, 0.5) is 0 Å². The predicted molar refractivity (Wildman–Crippen MR) is 104 cm³/mol. The Labute approximate surface area is 160 Å². The van der Waals surface area contributed by atoms with Crippen LogP contribution in [0.5, 0.6) is 0 Å². The predicted octanol–water partition coefficient (Wildman–Crippen LogP) is 3.01. The number of hydrogen-bond donors (Lipinski definition) is 2. The molecule has 0 bridgehead atoms. The van der Waals surface area contributed by atoms with Crippen LogP contribution in [0.15, 0.2) is 18.2 Å². The maximum absolute atomic E-state index is 12.2. The Morgan fingerprint density at radius 2 is 2.04 bits per heavy atom. The minimum Gasteiger partial charge on any atom is -0.356 e. The van der Waals surface area contributed by atoms with Crippen LogP contribution in [-0.2, 0) is 11.2 Å². The van der Waals surface area contributed by atoms with Crippen LogP contribution in [0.1, 0.15) is 18.9 Å². The van der Waals surface area contributed by atoms with Crippen LogP contribution in [0.3, 0.4) is 0 Å². The molecule has 136 valence electrons. The van der Waals surface area contributed by atoms with Gasteiger partial charge in [-0.2, -0.15) is 0 Å². The van der Waals surface area contributed by atoms with E-state index in [9.17, 15) is 4.79 Å². The van der Waals surface area contributed by atoms with E-state index >= 15 is 0 Å². The number of benzene rings is 1. The molecule has 1 unspecified atom stereocenters. The molecule has 0 aromatic heterocycles. The molecule has 1 aliphatic heterocycles. The Bertz CT molecular complexity index is 522. The molecule has 2 N–H and O–H groups in total. The highest BCUT2D eigenvalue weighted by molar-refractivity contribution is 6.35. The Balaban J connectivity index is 0.00000288. The van der Waals surface area contributed by atoms with Gasteiger partial charge in [-0.3, -0.25) is 4.79 Å². The van der Waals surface area contributed by atoms with Crippen molar-refractivity contribution in [1.29, 1.82) is 0 Å². The van der Waals surface area contributed by atoms with E-state index < -0.39 is 0 Å². The van der Waals surface area contributed by atoms with E-state index in [4.69, 9.17) is 23.2 Å². The highest BCUT2D eigenvalue weighted by Crippen LogP contribution is 2.23. The van der Waals surface area contributed by atoms with Gasteiger partial charge in [0.15, 0.2) is 0 Å².